The van der Waals surface area contributed by atoms with Crippen molar-refractivity contribution in [2.24, 2.45) is 0 Å². The third-order valence-corrected chi connectivity index (χ3v) is 9.80. The van der Waals surface area contributed by atoms with Crippen LogP contribution in [0.1, 0.15) is 27.7 Å². The molecule has 0 fully saturated rings. The van der Waals surface area contributed by atoms with E-state index in [2.05, 4.69) is 74.5 Å². The molecule has 1 unspecified atom stereocenters. The summed E-state index contributed by atoms with van der Waals surface area (Å²) in [5.74, 6) is 0. The van der Waals surface area contributed by atoms with E-state index in [1.807, 2.05) is 13.8 Å². The van der Waals surface area contributed by atoms with Gasteiger partial charge in [0.05, 0.1) is 0 Å². The van der Waals surface area contributed by atoms with Gasteiger partial charge in [-0.15, -0.1) is 0 Å². The second-order valence-corrected chi connectivity index (χ2v) is 14.0. The molecule has 0 saturated heterocycles. The van der Waals surface area contributed by atoms with Crippen molar-refractivity contribution in [3.63, 3.8) is 0 Å². The van der Waals surface area contributed by atoms with E-state index >= 15 is 0 Å². The standard InChI is InChI=1S/C6H14OPS2.2C6H5.Sb/c1-5(2)7-8(9)10-6(3)4;2*1-2-4-6-5-3-1;/h5-6H,1-4H3;2*1-5H;/q+1;;;. The van der Waals surface area contributed by atoms with Gasteiger partial charge in [0.25, 0.3) is 0 Å². The van der Waals surface area contributed by atoms with Gasteiger partial charge in [0.2, 0.25) is 11.8 Å². The minimum atomic E-state index is -0.659. The van der Waals surface area contributed by atoms with Crippen LogP contribution in [-0.4, -0.2) is 33.0 Å². The van der Waals surface area contributed by atoms with Gasteiger partial charge in [0, 0.05) is 5.25 Å². The van der Waals surface area contributed by atoms with E-state index in [4.69, 9.17) is 16.3 Å². The summed E-state index contributed by atoms with van der Waals surface area (Å²) in [5, 5.41) is 0.586. The first-order chi connectivity index (χ1) is 11.0. The van der Waals surface area contributed by atoms with Crippen molar-refractivity contribution in [3.8, 4) is 0 Å². The van der Waals surface area contributed by atoms with Gasteiger partial charge in [-0.1, -0.05) is 0 Å². The van der Waals surface area contributed by atoms with Crippen LogP contribution in [0, 0.1) is 0 Å². The van der Waals surface area contributed by atoms with Crippen LogP contribution >= 0.6 is 17.5 Å². The van der Waals surface area contributed by atoms with E-state index in [0.29, 0.717) is 5.25 Å². The Morgan fingerprint density at radius 2 is 1.30 bits per heavy atom. The second kappa shape index (κ2) is 12.5. The normalized spacial score (nSPS) is 11.1. The Hall–Kier alpha value is 0.0882. The van der Waals surface area contributed by atoms with Crippen molar-refractivity contribution in [2.75, 3.05) is 0 Å². The Morgan fingerprint density at radius 3 is 1.65 bits per heavy atom. The first kappa shape index (κ1) is 21.1. The first-order valence-electron chi connectivity index (χ1n) is 7.60. The fourth-order valence-electron chi connectivity index (χ4n) is 1.52. The van der Waals surface area contributed by atoms with Crippen molar-refractivity contribution in [3.05, 3.63) is 60.7 Å². The Morgan fingerprint density at radius 1 is 0.870 bits per heavy atom. The molecule has 23 heavy (non-hydrogen) atoms. The third-order valence-electron chi connectivity index (χ3n) is 2.36. The topological polar surface area (TPSA) is 9.23 Å². The van der Waals surface area contributed by atoms with E-state index in [9.17, 15) is 0 Å². The average Bonchev–Trinajstić information content (AvgIpc) is 2.48. The molecule has 1 nitrogen and oxygen atoms in total. The van der Waals surface area contributed by atoms with Gasteiger partial charge < -0.3 is 0 Å². The second-order valence-electron chi connectivity index (χ2n) is 5.31. The fraction of sp³-hybridized carbons (Fsp3) is 0.333. The molecule has 0 saturated carbocycles. The monoisotopic (exact) mass is 472 g/mol. The molecule has 0 aliphatic carbocycles. The van der Waals surface area contributed by atoms with Crippen LogP contribution in [0.15, 0.2) is 60.7 Å². The van der Waals surface area contributed by atoms with Crippen molar-refractivity contribution < 1.29 is 4.52 Å². The molecule has 0 aliphatic rings. The van der Waals surface area contributed by atoms with Crippen LogP contribution in [0.25, 0.3) is 0 Å². The van der Waals surface area contributed by atoms with Gasteiger partial charge in [-0.2, -0.15) is 4.52 Å². The summed E-state index contributed by atoms with van der Waals surface area (Å²) < 4.78 is 8.44. The minimum absolute atomic E-state index is 0.273. The van der Waals surface area contributed by atoms with Crippen LogP contribution < -0.4 is 7.02 Å². The van der Waals surface area contributed by atoms with Gasteiger partial charge in [0.1, 0.15) is 17.5 Å². The van der Waals surface area contributed by atoms with Gasteiger partial charge in [-0.25, -0.2) is 0 Å². The quantitative estimate of drug-likeness (QED) is 0.446. The summed E-state index contributed by atoms with van der Waals surface area (Å²) in [6.45, 7) is 8.30. The Bertz CT molecular complexity index is 512. The Balaban J connectivity index is 0.000000241. The third kappa shape index (κ3) is 11.3. The molecule has 123 valence electrons. The summed E-state index contributed by atoms with van der Waals surface area (Å²) in [4.78, 5) is 0. The molecule has 2 rings (SSSR count). The maximum atomic E-state index is 5.40. The maximum absolute atomic E-state index is 5.40. The zero-order chi connectivity index (χ0) is 17.1. The average molecular weight is 473 g/mol. The predicted octanol–water partition coefficient (Wildman–Crippen LogP) is 4.67. The summed E-state index contributed by atoms with van der Waals surface area (Å²) in [7, 11) is 0. The SMILES string of the molecule is CC(C)O[P+](=S)SC(C)C.c1cc[c]([Sb][c]2ccccc2)cc1. The number of rotatable bonds is 6. The van der Waals surface area contributed by atoms with Crippen molar-refractivity contribution in [1.29, 1.82) is 0 Å². The molecule has 1 atom stereocenters. The summed E-state index contributed by atoms with van der Waals surface area (Å²) in [6, 6.07) is 21.5. The molecular weight excluding hydrogens is 449 g/mol. The van der Waals surface area contributed by atoms with E-state index in [-0.39, 0.29) is 27.7 Å². The van der Waals surface area contributed by atoms with E-state index in [0.717, 1.165) is 0 Å². The molecule has 1 radical (unpaired) electrons. The first-order valence-corrected chi connectivity index (χ1v) is 13.9. The number of hydrogen-bond donors (Lipinski definition) is 0. The summed E-state index contributed by atoms with van der Waals surface area (Å²) >= 11 is 6.50. The van der Waals surface area contributed by atoms with Crippen molar-refractivity contribution in [1.82, 2.24) is 0 Å². The van der Waals surface area contributed by atoms with Crippen LogP contribution in [0.3, 0.4) is 0 Å². The van der Waals surface area contributed by atoms with E-state index < -0.39 is 6.13 Å². The Labute approximate surface area is 161 Å². The zero-order valence-corrected chi connectivity index (χ0v) is 19.1. The molecule has 0 N–H and O–H groups in total. The van der Waals surface area contributed by atoms with Crippen molar-refractivity contribution in [2.45, 2.75) is 39.0 Å². The summed E-state index contributed by atoms with van der Waals surface area (Å²) in [6.07, 6.45) is -0.386. The molecule has 2 aromatic rings. The van der Waals surface area contributed by atoms with Gasteiger partial charge in [-0.3, -0.25) is 0 Å². The molecule has 0 bridgehead atoms. The molecular formula is C18H24OPS2Sb+. The zero-order valence-electron chi connectivity index (χ0n) is 14.0. The van der Waals surface area contributed by atoms with Crippen LogP contribution in [0.2, 0.25) is 0 Å². The predicted molar refractivity (Wildman–Crippen MR) is 111 cm³/mol. The van der Waals surface area contributed by atoms with Crippen molar-refractivity contribution >= 4 is 58.0 Å². The molecule has 2 aromatic carbocycles. The van der Waals surface area contributed by atoms with Crippen LogP contribution in [0.4, 0.5) is 0 Å². The van der Waals surface area contributed by atoms with Crippen LogP contribution in [-0.2, 0) is 16.3 Å². The molecule has 0 spiro atoms. The molecule has 0 amide bonds. The van der Waals surface area contributed by atoms with Gasteiger partial charge in [-0.05, 0) is 27.7 Å². The number of benzene rings is 2. The van der Waals surface area contributed by atoms with E-state index in [1.54, 1.807) is 11.4 Å². The Kier molecular flexibility index (Phi) is 11.4. The summed E-state index contributed by atoms with van der Waals surface area (Å²) in [5.41, 5.74) is 0. The molecule has 0 aromatic heterocycles. The van der Waals surface area contributed by atoms with Crippen LogP contribution in [0.5, 0.6) is 0 Å². The molecule has 0 aliphatic heterocycles. The van der Waals surface area contributed by atoms with Gasteiger partial charge >= 0.3 is 95.4 Å². The number of hydrogen-bond acceptors (Lipinski definition) is 3. The molecule has 5 heteroatoms. The fourth-order valence-corrected chi connectivity index (χ4v) is 8.71. The van der Waals surface area contributed by atoms with E-state index in [1.165, 1.54) is 7.02 Å². The molecule has 0 heterocycles. The van der Waals surface area contributed by atoms with Gasteiger partial charge in [0.15, 0.2) is 0 Å².